The van der Waals surface area contributed by atoms with Gasteiger partial charge < -0.3 is 0 Å². The summed E-state index contributed by atoms with van der Waals surface area (Å²) in [5.41, 5.74) is 8.19. The average Bonchev–Trinajstić information content (AvgIpc) is 2.58. The molecule has 0 amide bonds. The topological polar surface area (TPSA) is 3.24 Å². The summed E-state index contributed by atoms with van der Waals surface area (Å²) < 4.78 is 0. The average molecular weight is 299 g/mol. The second-order valence-electron chi connectivity index (χ2n) is 6.10. The second kappa shape index (κ2) is 5.70. The summed E-state index contributed by atoms with van der Waals surface area (Å²) in [4.78, 5) is 2.08. The van der Waals surface area contributed by atoms with Crippen molar-refractivity contribution in [1.82, 2.24) is 4.90 Å². The Balaban J connectivity index is 2.41. The minimum atomic E-state index is 0.980. The summed E-state index contributed by atoms with van der Waals surface area (Å²) in [6.07, 6.45) is 3.22. The van der Waals surface area contributed by atoms with E-state index >= 15 is 0 Å². The fourth-order valence-corrected chi connectivity index (χ4v) is 3.29. The normalized spacial score (nSPS) is 14.5. The van der Waals surface area contributed by atoms with Crippen LogP contribution in [0.5, 0.6) is 0 Å². The van der Waals surface area contributed by atoms with Crippen molar-refractivity contribution in [1.29, 1.82) is 0 Å². The van der Waals surface area contributed by atoms with E-state index in [1.807, 2.05) is 13.0 Å². The maximum atomic E-state index is 4.28. The minimum absolute atomic E-state index is 0.980. The van der Waals surface area contributed by atoms with Gasteiger partial charge in [0.05, 0.1) is 0 Å². The molecule has 0 radical (unpaired) electrons. The Morgan fingerprint density at radius 2 is 1.91 bits per heavy atom. The molecule has 0 unspecified atom stereocenters. The first-order chi connectivity index (χ1) is 11.0. The van der Waals surface area contributed by atoms with Gasteiger partial charge in [-0.15, -0.1) is 0 Å². The predicted octanol–water partition coefficient (Wildman–Crippen LogP) is 4.53. The molecule has 0 N–H and O–H groups in total. The Hall–Kier alpha value is -2.35. The number of nitrogens with zero attached hydrogens (tertiary/aromatic N) is 1. The van der Waals surface area contributed by atoms with Crippen LogP contribution in [-0.2, 0) is 0 Å². The third-order valence-corrected chi connectivity index (χ3v) is 4.91. The molecule has 0 atom stereocenters. The summed E-state index contributed by atoms with van der Waals surface area (Å²) in [6.45, 7) is 12.9. The van der Waals surface area contributed by atoms with Crippen molar-refractivity contribution in [2.75, 3.05) is 7.05 Å². The van der Waals surface area contributed by atoms with Gasteiger partial charge in [0.25, 0.3) is 0 Å². The van der Waals surface area contributed by atoms with Crippen molar-refractivity contribution in [3.63, 3.8) is 0 Å². The molecule has 114 valence electrons. The van der Waals surface area contributed by atoms with Crippen LogP contribution in [0.4, 0.5) is 0 Å². The molecule has 2 heteroatoms. The number of rotatable bonds is 3. The third kappa shape index (κ3) is 2.30. The van der Waals surface area contributed by atoms with E-state index in [1.165, 1.54) is 38.6 Å². The number of benzene rings is 2. The Morgan fingerprint density at radius 3 is 2.57 bits per heavy atom. The van der Waals surface area contributed by atoms with Gasteiger partial charge in [-0.1, -0.05) is 0 Å². The molecule has 23 heavy (non-hydrogen) atoms. The van der Waals surface area contributed by atoms with Crippen LogP contribution < -0.4 is 0 Å². The molecule has 2 aromatic rings. The summed E-state index contributed by atoms with van der Waals surface area (Å²) in [7, 11) is 5.95. The molecule has 0 saturated heterocycles. The number of aryl methyl sites for hydroxylation is 1. The van der Waals surface area contributed by atoms with Crippen molar-refractivity contribution in [3.05, 3.63) is 65.3 Å². The first kappa shape index (κ1) is 15.5. The quantitative estimate of drug-likeness (QED) is 0.753. The molecular weight excluding hydrogens is 277 g/mol. The molecular formula is C21H22BN. The predicted molar refractivity (Wildman–Crippen MR) is 106 cm³/mol. The standard InChI is InChI=1S/C21H22BN/c1-6-16(12-22)10-17-11-20-15(4)23(5)14(3)19-9-7-8-18(13(17)2)21(19)20/h7-12,22H,3-4,6H2,1-2,5H3/b16-10+. The fraction of sp³-hybridized carbons (Fsp3) is 0.190. The van der Waals surface area contributed by atoms with Crippen LogP contribution >= 0.6 is 0 Å². The van der Waals surface area contributed by atoms with Gasteiger partial charge in [0.2, 0.25) is 0 Å². The van der Waals surface area contributed by atoms with Gasteiger partial charge in [-0.05, 0) is 0 Å². The Morgan fingerprint density at radius 1 is 1.22 bits per heavy atom. The fourth-order valence-electron chi connectivity index (χ4n) is 3.29. The Kier molecular flexibility index (Phi) is 3.85. The molecule has 0 aromatic heterocycles. The third-order valence-electron chi connectivity index (χ3n) is 4.91. The van der Waals surface area contributed by atoms with E-state index in [1.54, 1.807) is 0 Å². The van der Waals surface area contributed by atoms with Gasteiger partial charge in [-0.25, -0.2) is 0 Å². The van der Waals surface area contributed by atoms with E-state index in [-0.39, 0.29) is 0 Å². The van der Waals surface area contributed by atoms with Crippen LogP contribution in [-0.4, -0.2) is 25.4 Å². The van der Waals surface area contributed by atoms with Gasteiger partial charge in [-0.2, -0.15) is 0 Å². The molecule has 0 saturated carbocycles. The molecule has 0 fully saturated rings. The van der Waals surface area contributed by atoms with Crippen molar-refractivity contribution < 1.29 is 0 Å². The van der Waals surface area contributed by atoms with Gasteiger partial charge >= 0.3 is 139 Å². The van der Waals surface area contributed by atoms with Gasteiger partial charge in [0, 0.05) is 0 Å². The number of hydrogen-bond donors (Lipinski definition) is 0. The van der Waals surface area contributed by atoms with Crippen LogP contribution in [0.3, 0.4) is 0 Å². The van der Waals surface area contributed by atoms with Crippen LogP contribution in [0.1, 0.15) is 35.6 Å². The van der Waals surface area contributed by atoms with E-state index in [2.05, 4.69) is 69.7 Å². The molecule has 1 nitrogen and oxygen atoms in total. The zero-order valence-corrected chi connectivity index (χ0v) is 14.2. The number of hydrogen-bond acceptors (Lipinski definition) is 1. The van der Waals surface area contributed by atoms with Crippen LogP contribution in [0, 0.1) is 6.92 Å². The van der Waals surface area contributed by atoms with E-state index in [0.29, 0.717) is 0 Å². The van der Waals surface area contributed by atoms with E-state index < -0.39 is 0 Å². The summed E-state index contributed by atoms with van der Waals surface area (Å²) >= 11 is 0. The molecule has 2 aromatic carbocycles. The Labute approximate surface area is 139 Å². The molecule has 0 spiro atoms. The van der Waals surface area contributed by atoms with Crippen molar-refractivity contribution in [2.45, 2.75) is 20.3 Å². The molecule has 0 aliphatic carbocycles. The molecule has 3 rings (SSSR count). The molecule has 0 bridgehead atoms. The van der Waals surface area contributed by atoms with Gasteiger partial charge in [0.1, 0.15) is 0 Å². The first-order valence-electron chi connectivity index (χ1n) is 8.01. The number of allylic oxidation sites excluding steroid dienone is 1. The summed E-state index contributed by atoms with van der Waals surface area (Å²) in [5, 5.41) is 2.55. The van der Waals surface area contributed by atoms with Gasteiger partial charge in [0.15, 0.2) is 0 Å². The Bertz CT molecular complexity index is 886. The van der Waals surface area contributed by atoms with Crippen molar-refractivity contribution in [3.8, 4) is 0 Å². The van der Waals surface area contributed by atoms with Crippen molar-refractivity contribution >= 4 is 41.7 Å². The van der Waals surface area contributed by atoms with E-state index in [9.17, 15) is 0 Å². The van der Waals surface area contributed by atoms with Crippen LogP contribution in [0.25, 0.3) is 28.2 Å². The monoisotopic (exact) mass is 299 g/mol. The van der Waals surface area contributed by atoms with Crippen molar-refractivity contribution in [2.24, 2.45) is 0 Å². The molecule has 1 aliphatic rings. The second-order valence-corrected chi connectivity index (χ2v) is 6.10. The summed E-state index contributed by atoms with van der Waals surface area (Å²) in [6, 6.07) is 8.71. The van der Waals surface area contributed by atoms with E-state index in [0.717, 1.165) is 17.8 Å². The molecule has 1 aliphatic heterocycles. The first-order valence-corrected chi connectivity index (χ1v) is 8.01. The molecule has 1 heterocycles. The maximum absolute atomic E-state index is 4.28. The van der Waals surface area contributed by atoms with Gasteiger partial charge in [-0.3, -0.25) is 0 Å². The SMILES string of the molecule is B=C/C(=C/c1cc2c3c(cccc3c1C)C(=C)N(C)C2=C)CC. The van der Waals surface area contributed by atoms with Crippen LogP contribution in [0.2, 0.25) is 0 Å². The summed E-state index contributed by atoms with van der Waals surface area (Å²) in [5.74, 6) is 1.94. The zero-order chi connectivity index (χ0) is 16.7. The van der Waals surface area contributed by atoms with E-state index in [4.69, 9.17) is 0 Å². The van der Waals surface area contributed by atoms with Crippen LogP contribution in [0.15, 0.2) is 43.0 Å². The zero-order valence-electron chi connectivity index (χ0n) is 14.2.